The van der Waals surface area contributed by atoms with Gasteiger partial charge in [-0.15, -0.1) is 11.3 Å². The molecule has 0 atom stereocenters. The summed E-state index contributed by atoms with van der Waals surface area (Å²) in [5.74, 6) is 0.274. The minimum Gasteiger partial charge on any atom is -0.497 e. The number of anilines is 1. The first-order chi connectivity index (χ1) is 14.3. The van der Waals surface area contributed by atoms with Crippen LogP contribution in [-0.4, -0.2) is 27.1 Å². The molecule has 1 amide bonds. The number of rotatable bonds is 7. The average Bonchev–Trinajstić information content (AvgIpc) is 3.19. The van der Waals surface area contributed by atoms with Crippen LogP contribution < -0.4 is 14.9 Å². The zero-order valence-electron chi connectivity index (χ0n) is 16.0. The van der Waals surface area contributed by atoms with E-state index in [1.54, 1.807) is 55.5 Å². The van der Waals surface area contributed by atoms with Crippen LogP contribution in [0.3, 0.4) is 0 Å². The smallest absolute Gasteiger partial charge is 0.276 e. The average molecular weight is 464 g/mol. The van der Waals surface area contributed by atoms with Crippen LogP contribution in [0.1, 0.15) is 22.2 Å². The number of hydrogen-bond acceptors (Lipinski definition) is 6. The molecule has 156 valence electrons. The fourth-order valence-electron chi connectivity index (χ4n) is 2.45. The van der Waals surface area contributed by atoms with Gasteiger partial charge in [0, 0.05) is 5.69 Å². The van der Waals surface area contributed by atoms with Crippen LogP contribution in [-0.2, 0) is 10.0 Å². The zero-order chi connectivity index (χ0) is 21.7. The molecule has 0 radical (unpaired) electrons. The summed E-state index contributed by atoms with van der Waals surface area (Å²) < 4.78 is 30.4. The quantitative estimate of drug-likeness (QED) is 0.401. The number of carbonyl (C=O) groups is 1. The number of benzene rings is 2. The second-order valence-electron chi connectivity index (χ2n) is 6.11. The molecule has 3 rings (SSSR count). The molecule has 10 heteroatoms. The van der Waals surface area contributed by atoms with Gasteiger partial charge in [-0.2, -0.15) is 18.4 Å². The van der Waals surface area contributed by atoms with Gasteiger partial charge in [0.25, 0.3) is 15.9 Å². The van der Waals surface area contributed by atoms with Crippen molar-refractivity contribution in [3.05, 3.63) is 75.4 Å². The number of thiophene rings is 1. The Bertz CT molecular complexity index is 1190. The Morgan fingerprint density at radius 3 is 2.47 bits per heavy atom. The summed E-state index contributed by atoms with van der Waals surface area (Å²) in [4.78, 5) is 15.1. The summed E-state index contributed by atoms with van der Waals surface area (Å²) in [6, 6.07) is 16.2. The van der Waals surface area contributed by atoms with Gasteiger partial charge in [-0.05, 0) is 61.0 Å². The molecule has 30 heavy (non-hydrogen) atoms. The SMILES string of the molecule is COc1ccc(S(=O)(=O)N/N=C(\C)c2cccc(NC(=O)c3ccc(Cl)s3)c2)cc1. The van der Waals surface area contributed by atoms with Crippen molar-refractivity contribution in [3.8, 4) is 5.75 Å². The maximum absolute atomic E-state index is 12.4. The van der Waals surface area contributed by atoms with Gasteiger partial charge in [0.2, 0.25) is 0 Å². The van der Waals surface area contributed by atoms with Crippen molar-refractivity contribution in [2.24, 2.45) is 5.10 Å². The molecule has 2 aromatic carbocycles. The third-order valence-electron chi connectivity index (χ3n) is 4.04. The molecule has 0 saturated carbocycles. The highest BCUT2D eigenvalue weighted by atomic mass is 35.5. The molecular weight excluding hydrogens is 446 g/mol. The maximum Gasteiger partial charge on any atom is 0.276 e. The zero-order valence-corrected chi connectivity index (χ0v) is 18.4. The van der Waals surface area contributed by atoms with Crippen LogP contribution in [0.25, 0.3) is 0 Å². The van der Waals surface area contributed by atoms with Crippen molar-refractivity contribution >= 4 is 50.3 Å². The van der Waals surface area contributed by atoms with Crippen molar-refractivity contribution in [1.29, 1.82) is 0 Å². The molecule has 0 aliphatic heterocycles. The molecule has 1 heterocycles. The molecule has 0 fully saturated rings. The number of hydrazone groups is 1. The normalized spacial score (nSPS) is 11.8. The van der Waals surface area contributed by atoms with Gasteiger partial charge in [-0.25, -0.2) is 0 Å². The van der Waals surface area contributed by atoms with E-state index in [0.717, 1.165) is 0 Å². The van der Waals surface area contributed by atoms with E-state index in [9.17, 15) is 13.2 Å². The molecule has 0 bridgehead atoms. The van der Waals surface area contributed by atoms with Crippen molar-refractivity contribution < 1.29 is 17.9 Å². The molecular formula is C20H18ClN3O4S2. The van der Waals surface area contributed by atoms with Gasteiger partial charge in [0.05, 0.1) is 26.9 Å². The lowest BCUT2D eigenvalue weighted by Gasteiger charge is -2.08. The topological polar surface area (TPSA) is 96.9 Å². The molecule has 7 nitrogen and oxygen atoms in total. The number of sulfonamides is 1. The van der Waals surface area contributed by atoms with Crippen molar-refractivity contribution in [3.63, 3.8) is 0 Å². The number of amides is 1. The second kappa shape index (κ2) is 9.29. The highest BCUT2D eigenvalue weighted by Crippen LogP contribution is 2.23. The Labute approximate surface area is 183 Å². The Morgan fingerprint density at radius 1 is 1.10 bits per heavy atom. The first-order valence-electron chi connectivity index (χ1n) is 8.66. The number of hydrogen-bond donors (Lipinski definition) is 2. The number of halogens is 1. The summed E-state index contributed by atoms with van der Waals surface area (Å²) in [6.45, 7) is 1.66. The van der Waals surface area contributed by atoms with Gasteiger partial charge in [0.1, 0.15) is 5.75 Å². The Hall–Kier alpha value is -2.88. The number of nitrogens with zero attached hydrogens (tertiary/aromatic N) is 1. The summed E-state index contributed by atoms with van der Waals surface area (Å²) in [5.41, 5.74) is 1.63. The Morgan fingerprint density at radius 2 is 1.83 bits per heavy atom. The van der Waals surface area contributed by atoms with Gasteiger partial charge < -0.3 is 10.1 Å². The monoisotopic (exact) mass is 463 g/mol. The number of carbonyl (C=O) groups excluding carboxylic acids is 1. The summed E-state index contributed by atoms with van der Waals surface area (Å²) in [5, 5.41) is 6.77. The van der Waals surface area contributed by atoms with Gasteiger partial charge in [0.15, 0.2) is 0 Å². The van der Waals surface area contributed by atoms with Crippen LogP contribution in [0.4, 0.5) is 5.69 Å². The van der Waals surface area contributed by atoms with Crippen LogP contribution in [0, 0.1) is 0 Å². The minimum absolute atomic E-state index is 0.0653. The van der Waals surface area contributed by atoms with E-state index in [1.807, 2.05) is 0 Å². The third kappa shape index (κ3) is 5.38. The number of nitrogens with one attached hydrogen (secondary N) is 2. The summed E-state index contributed by atoms with van der Waals surface area (Å²) >= 11 is 7.05. The molecule has 3 aromatic rings. The highest BCUT2D eigenvalue weighted by molar-refractivity contribution is 7.89. The van der Waals surface area contributed by atoms with Crippen LogP contribution in [0.2, 0.25) is 4.34 Å². The van der Waals surface area contributed by atoms with E-state index >= 15 is 0 Å². The number of ether oxygens (including phenoxy) is 1. The van der Waals surface area contributed by atoms with E-state index in [0.29, 0.717) is 31.9 Å². The standard InChI is InChI=1S/C20H18ClN3O4S2/c1-13(23-24-30(26,27)17-8-6-16(28-2)7-9-17)14-4-3-5-15(12-14)22-20(25)18-10-11-19(21)29-18/h3-12,24H,1-2H3,(H,22,25)/b23-13+. The highest BCUT2D eigenvalue weighted by Gasteiger charge is 2.14. The molecule has 0 spiro atoms. The molecule has 1 aromatic heterocycles. The van der Waals surface area contributed by atoms with Crippen LogP contribution >= 0.6 is 22.9 Å². The first kappa shape index (κ1) is 21.8. The Kier molecular flexibility index (Phi) is 6.76. The van der Waals surface area contributed by atoms with Gasteiger partial charge in [-0.1, -0.05) is 23.7 Å². The summed E-state index contributed by atoms with van der Waals surface area (Å²) in [7, 11) is -2.32. The predicted molar refractivity (Wildman–Crippen MR) is 119 cm³/mol. The van der Waals surface area contributed by atoms with E-state index < -0.39 is 10.0 Å². The van der Waals surface area contributed by atoms with Crippen molar-refractivity contribution in [2.45, 2.75) is 11.8 Å². The fraction of sp³-hybridized carbons (Fsp3) is 0.100. The second-order valence-corrected chi connectivity index (χ2v) is 9.48. The van der Waals surface area contributed by atoms with E-state index in [2.05, 4.69) is 15.2 Å². The van der Waals surface area contributed by atoms with Gasteiger partial charge >= 0.3 is 0 Å². The largest absolute Gasteiger partial charge is 0.497 e. The molecule has 2 N–H and O–H groups in total. The number of methoxy groups -OCH3 is 1. The maximum atomic E-state index is 12.4. The van der Waals surface area contributed by atoms with Gasteiger partial charge in [-0.3, -0.25) is 4.79 Å². The first-order valence-corrected chi connectivity index (χ1v) is 11.3. The van der Waals surface area contributed by atoms with Crippen molar-refractivity contribution in [2.75, 3.05) is 12.4 Å². The van der Waals surface area contributed by atoms with Crippen LogP contribution in [0.15, 0.2) is 70.7 Å². The minimum atomic E-state index is -3.83. The summed E-state index contributed by atoms with van der Waals surface area (Å²) in [6.07, 6.45) is 0. The lowest BCUT2D eigenvalue weighted by Crippen LogP contribution is -2.20. The van der Waals surface area contributed by atoms with Crippen molar-refractivity contribution in [1.82, 2.24) is 4.83 Å². The van der Waals surface area contributed by atoms with E-state index in [-0.39, 0.29) is 10.8 Å². The molecule has 0 aliphatic rings. The lowest BCUT2D eigenvalue weighted by atomic mass is 10.1. The lowest BCUT2D eigenvalue weighted by molar-refractivity contribution is 0.103. The molecule has 0 unspecified atom stereocenters. The third-order valence-corrected chi connectivity index (χ3v) is 6.49. The Balaban J connectivity index is 1.72. The molecule has 0 aliphatic carbocycles. The van der Waals surface area contributed by atoms with Crippen LogP contribution in [0.5, 0.6) is 5.75 Å². The molecule has 0 saturated heterocycles. The fourth-order valence-corrected chi connectivity index (χ4v) is 4.25. The van der Waals surface area contributed by atoms with E-state index in [4.69, 9.17) is 16.3 Å². The van der Waals surface area contributed by atoms with E-state index in [1.165, 1.54) is 30.6 Å². The predicted octanol–water partition coefficient (Wildman–Crippen LogP) is 4.36.